The van der Waals surface area contributed by atoms with Crippen molar-refractivity contribution < 1.29 is 8.42 Å². The number of anilines is 1. The quantitative estimate of drug-likeness (QED) is 0.665. The van der Waals surface area contributed by atoms with Gasteiger partial charge in [0.25, 0.3) is 0 Å². The van der Waals surface area contributed by atoms with Crippen LogP contribution in [0.3, 0.4) is 0 Å². The number of nitriles is 2. The van der Waals surface area contributed by atoms with Crippen molar-refractivity contribution in [3.05, 3.63) is 24.3 Å². The number of nitrogens with zero attached hydrogens (tertiary/aromatic N) is 4. The molecule has 0 aliphatic carbocycles. The first kappa shape index (κ1) is 15.0. The van der Waals surface area contributed by atoms with E-state index in [1.807, 2.05) is 0 Å². The fraction of sp³-hybridized carbons (Fsp3) is 0.308. The van der Waals surface area contributed by atoms with Crippen LogP contribution in [-0.2, 0) is 10.0 Å². The molecule has 2 rings (SSSR count). The van der Waals surface area contributed by atoms with E-state index in [2.05, 4.69) is 10.5 Å². The minimum atomic E-state index is -3.50. The monoisotopic (exact) mass is 303 g/mol. The summed E-state index contributed by atoms with van der Waals surface area (Å²) < 4.78 is 26.2. The molecular formula is C13H13N5O2S. The fourth-order valence-electron chi connectivity index (χ4n) is 2.00. The molecule has 108 valence electrons. The third kappa shape index (κ3) is 3.37. The Balaban J connectivity index is 2.24. The van der Waals surface area contributed by atoms with Gasteiger partial charge in [-0.2, -0.15) is 19.9 Å². The molecule has 0 amide bonds. The Kier molecular flexibility index (Phi) is 4.53. The average molecular weight is 303 g/mol. The SMILES string of the molecule is N#CC(C#N)=NNc1cccc(S(=O)(=O)N2CCCC2)c1. The second-order valence-electron chi connectivity index (χ2n) is 4.43. The molecular weight excluding hydrogens is 290 g/mol. The molecule has 1 aliphatic rings. The van der Waals surface area contributed by atoms with E-state index in [0.717, 1.165) is 12.8 Å². The number of sulfonamides is 1. The van der Waals surface area contributed by atoms with Crippen molar-refractivity contribution in [1.82, 2.24) is 4.31 Å². The molecule has 8 heteroatoms. The van der Waals surface area contributed by atoms with Crippen molar-refractivity contribution >= 4 is 21.4 Å². The molecule has 1 saturated heterocycles. The van der Waals surface area contributed by atoms with Crippen molar-refractivity contribution in [2.45, 2.75) is 17.7 Å². The highest BCUT2D eigenvalue weighted by Gasteiger charge is 2.27. The van der Waals surface area contributed by atoms with Gasteiger partial charge in [-0.3, -0.25) is 5.43 Å². The maximum absolute atomic E-state index is 12.4. The summed E-state index contributed by atoms with van der Waals surface area (Å²) in [4.78, 5) is 0.167. The Morgan fingerprint density at radius 1 is 1.24 bits per heavy atom. The Morgan fingerprint density at radius 3 is 2.52 bits per heavy atom. The molecule has 0 saturated carbocycles. The van der Waals surface area contributed by atoms with Gasteiger partial charge in [0.2, 0.25) is 15.7 Å². The number of hydrazone groups is 1. The number of hydrogen-bond acceptors (Lipinski definition) is 6. The second kappa shape index (κ2) is 6.35. The van der Waals surface area contributed by atoms with Crippen LogP contribution in [0.4, 0.5) is 5.69 Å². The van der Waals surface area contributed by atoms with Crippen molar-refractivity contribution in [3.8, 4) is 12.1 Å². The van der Waals surface area contributed by atoms with Crippen LogP contribution in [0.25, 0.3) is 0 Å². The van der Waals surface area contributed by atoms with Crippen LogP contribution < -0.4 is 5.43 Å². The van der Waals surface area contributed by atoms with Crippen LogP contribution in [-0.4, -0.2) is 31.5 Å². The summed E-state index contributed by atoms with van der Waals surface area (Å²) in [7, 11) is -3.50. The predicted octanol–water partition coefficient (Wildman–Crippen LogP) is 1.29. The van der Waals surface area contributed by atoms with Gasteiger partial charge in [0, 0.05) is 13.1 Å². The molecule has 0 bridgehead atoms. The Hall–Kier alpha value is -2.42. The van der Waals surface area contributed by atoms with Crippen LogP contribution in [0, 0.1) is 22.7 Å². The lowest BCUT2D eigenvalue weighted by molar-refractivity contribution is 0.477. The van der Waals surface area contributed by atoms with E-state index in [1.165, 1.54) is 16.4 Å². The highest BCUT2D eigenvalue weighted by Crippen LogP contribution is 2.23. The van der Waals surface area contributed by atoms with E-state index in [9.17, 15) is 8.42 Å². The highest BCUT2D eigenvalue weighted by molar-refractivity contribution is 7.89. The predicted molar refractivity (Wildman–Crippen MR) is 76.7 cm³/mol. The number of rotatable bonds is 4. The zero-order valence-corrected chi connectivity index (χ0v) is 12.0. The van der Waals surface area contributed by atoms with Crippen LogP contribution in [0.15, 0.2) is 34.3 Å². The molecule has 0 radical (unpaired) electrons. The molecule has 0 aromatic heterocycles. The maximum Gasteiger partial charge on any atom is 0.243 e. The van der Waals surface area contributed by atoms with Gasteiger partial charge in [0.15, 0.2) is 0 Å². The van der Waals surface area contributed by atoms with E-state index < -0.39 is 10.0 Å². The van der Waals surface area contributed by atoms with Gasteiger partial charge in [-0.1, -0.05) is 6.07 Å². The zero-order chi connectivity index (χ0) is 15.3. The van der Waals surface area contributed by atoms with Crippen molar-refractivity contribution in [3.63, 3.8) is 0 Å². The van der Waals surface area contributed by atoms with Crippen molar-refractivity contribution in [1.29, 1.82) is 10.5 Å². The number of nitrogens with one attached hydrogen (secondary N) is 1. The minimum absolute atomic E-state index is 0.167. The molecule has 1 fully saturated rings. The molecule has 1 N–H and O–H groups in total. The summed E-state index contributed by atoms with van der Waals surface area (Å²) in [6, 6.07) is 9.36. The maximum atomic E-state index is 12.4. The molecule has 0 unspecified atom stereocenters. The van der Waals surface area contributed by atoms with E-state index >= 15 is 0 Å². The Bertz CT molecular complexity index is 721. The van der Waals surface area contributed by atoms with Crippen LogP contribution in [0.5, 0.6) is 0 Å². The van der Waals surface area contributed by atoms with Crippen LogP contribution in [0.2, 0.25) is 0 Å². The largest absolute Gasteiger partial charge is 0.276 e. The topological polar surface area (TPSA) is 109 Å². The second-order valence-corrected chi connectivity index (χ2v) is 6.37. The van der Waals surface area contributed by atoms with Gasteiger partial charge in [-0.25, -0.2) is 8.42 Å². The van der Waals surface area contributed by atoms with Gasteiger partial charge < -0.3 is 0 Å². The van der Waals surface area contributed by atoms with E-state index in [-0.39, 0.29) is 10.6 Å². The molecule has 1 heterocycles. The van der Waals surface area contributed by atoms with Crippen molar-refractivity contribution in [2.75, 3.05) is 18.5 Å². The number of hydrogen-bond donors (Lipinski definition) is 1. The lowest BCUT2D eigenvalue weighted by Gasteiger charge is -2.15. The summed E-state index contributed by atoms with van der Waals surface area (Å²) in [6.45, 7) is 1.07. The van der Waals surface area contributed by atoms with Crippen LogP contribution in [0.1, 0.15) is 12.8 Å². The first-order valence-corrected chi connectivity index (χ1v) is 7.76. The highest BCUT2D eigenvalue weighted by atomic mass is 32.2. The minimum Gasteiger partial charge on any atom is -0.276 e. The van der Waals surface area contributed by atoms with Gasteiger partial charge in [0.1, 0.15) is 12.1 Å². The molecule has 1 aliphatic heterocycles. The first-order chi connectivity index (χ1) is 10.1. The molecule has 1 aromatic rings. The van der Waals surface area contributed by atoms with E-state index in [1.54, 1.807) is 24.3 Å². The summed E-state index contributed by atoms with van der Waals surface area (Å²) in [5.74, 6) is 0. The summed E-state index contributed by atoms with van der Waals surface area (Å²) >= 11 is 0. The molecule has 21 heavy (non-hydrogen) atoms. The Morgan fingerprint density at radius 2 is 1.90 bits per heavy atom. The third-order valence-electron chi connectivity index (χ3n) is 3.05. The molecule has 7 nitrogen and oxygen atoms in total. The molecule has 1 aromatic carbocycles. The number of benzene rings is 1. The van der Waals surface area contributed by atoms with E-state index in [0.29, 0.717) is 18.8 Å². The van der Waals surface area contributed by atoms with Gasteiger partial charge in [-0.15, -0.1) is 0 Å². The fourth-order valence-corrected chi connectivity index (χ4v) is 3.56. The molecule has 0 atom stereocenters. The summed E-state index contributed by atoms with van der Waals surface area (Å²) in [5, 5.41) is 20.8. The van der Waals surface area contributed by atoms with Gasteiger partial charge in [-0.05, 0) is 31.0 Å². The van der Waals surface area contributed by atoms with Gasteiger partial charge in [0.05, 0.1) is 10.6 Å². The summed E-state index contributed by atoms with van der Waals surface area (Å²) in [5.41, 5.74) is 2.58. The van der Waals surface area contributed by atoms with E-state index in [4.69, 9.17) is 10.5 Å². The van der Waals surface area contributed by atoms with Crippen molar-refractivity contribution in [2.24, 2.45) is 5.10 Å². The molecule has 0 spiro atoms. The lowest BCUT2D eigenvalue weighted by atomic mass is 10.3. The Labute approximate surface area is 123 Å². The third-order valence-corrected chi connectivity index (χ3v) is 4.94. The van der Waals surface area contributed by atoms with Gasteiger partial charge >= 0.3 is 0 Å². The zero-order valence-electron chi connectivity index (χ0n) is 11.2. The van der Waals surface area contributed by atoms with Crippen LogP contribution >= 0.6 is 0 Å². The smallest absolute Gasteiger partial charge is 0.243 e. The summed E-state index contributed by atoms with van der Waals surface area (Å²) in [6.07, 6.45) is 1.74. The average Bonchev–Trinajstić information content (AvgIpc) is 3.03. The lowest BCUT2D eigenvalue weighted by Crippen LogP contribution is -2.27. The normalized spacial score (nSPS) is 15.0. The first-order valence-electron chi connectivity index (χ1n) is 6.32. The standard InChI is InChI=1S/C13H13N5O2S/c14-9-12(10-15)17-16-11-4-3-5-13(8-11)21(19,20)18-6-1-2-7-18/h3-5,8,16H,1-2,6-7H2.